The maximum Gasteiger partial charge on any atom is 0.433 e. The number of fused-ring (bicyclic) bond motifs is 1. The number of aromatic nitrogens is 2. The zero-order valence-corrected chi connectivity index (χ0v) is 14.1. The van der Waals surface area contributed by atoms with Crippen LogP contribution in [-0.2, 0) is 27.0 Å². The first-order valence-electron chi connectivity index (χ1n) is 7.68. The van der Waals surface area contributed by atoms with E-state index < -0.39 is 34.6 Å². The van der Waals surface area contributed by atoms with Crippen LogP contribution < -0.4 is 5.56 Å². The quantitative estimate of drug-likeness (QED) is 0.772. The summed E-state index contributed by atoms with van der Waals surface area (Å²) in [5.74, 6) is -1.70. The molecule has 2 aliphatic rings. The van der Waals surface area contributed by atoms with Gasteiger partial charge in [0, 0.05) is 6.07 Å². The van der Waals surface area contributed by atoms with E-state index >= 15 is 0 Å². The number of nitrogens with zero attached hydrogens (tertiary/aromatic N) is 2. The largest absolute Gasteiger partial charge is 0.467 e. The predicted molar refractivity (Wildman–Crippen MR) is 84.2 cm³/mol. The van der Waals surface area contributed by atoms with Gasteiger partial charge in [0.15, 0.2) is 17.1 Å². The number of Topliss-reactive ketones (excluding diaryl/α,β-unsaturated/α-hetero) is 1. The van der Waals surface area contributed by atoms with Gasteiger partial charge in [-0.3, -0.25) is 19.0 Å². The Hall–Kier alpha value is -3.01. The molecule has 1 N–H and O–H groups in total. The number of rotatable bonds is 2. The topological polar surface area (TPSA) is 98.5 Å². The van der Waals surface area contributed by atoms with Crippen LogP contribution in [0.4, 0.5) is 13.2 Å². The minimum absolute atomic E-state index is 0.0158. The van der Waals surface area contributed by atoms with Crippen LogP contribution in [0.3, 0.4) is 0 Å². The van der Waals surface area contributed by atoms with Gasteiger partial charge in [0.2, 0.25) is 5.78 Å². The predicted octanol–water partition coefficient (Wildman–Crippen LogP) is 1.20. The smallest absolute Gasteiger partial charge is 0.433 e. The van der Waals surface area contributed by atoms with Crippen molar-refractivity contribution in [2.24, 2.45) is 0 Å². The highest BCUT2D eigenvalue weighted by molar-refractivity contribution is 6.25. The molecule has 3 rings (SSSR count). The van der Waals surface area contributed by atoms with Gasteiger partial charge in [-0.1, -0.05) is 0 Å². The van der Waals surface area contributed by atoms with Crippen LogP contribution in [0.15, 0.2) is 46.2 Å². The summed E-state index contributed by atoms with van der Waals surface area (Å²) in [6.07, 6.45) is -1.34. The van der Waals surface area contributed by atoms with Crippen LogP contribution in [0, 0.1) is 6.92 Å². The monoisotopic (exact) mass is 382 g/mol. The average molecular weight is 382 g/mol. The lowest BCUT2D eigenvalue weighted by Gasteiger charge is -2.27. The Bertz CT molecular complexity index is 1010. The molecule has 0 radical (unpaired) electrons. The van der Waals surface area contributed by atoms with Crippen molar-refractivity contribution in [3.8, 4) is 0 Å². The second kappa shape index (κ2) is 6.02. The Kier molecular flexibility index (Phi) is 4.18. The van der Waals surface area contributed by atoms with Gasteiger partial charge in [-0.05, 0) is 31.6 Å². The third kappa shape index (κ3) is 3.23. The zero-order valence-electron chi connectivity index (χ0n) is 14.1. The molecule has 0 spiro atoms. The molecule has 0 saturated carbocycles. The fourth-order valence-corrected chi connectivity index (χ4v) is 2.65. The van der Waals surface area contributed by atoms with E-state index in [4.69, 9.17) is 4.74 Å². The Balaban J connectivity index is 1.94. The van der Waals surface area contributed by atoms with Gasteiger partial charge in [0.05, 0.1) is 12.1 Å². The molecule has 142 valence electrons. The molecule has 2 heterocycles. The van der Waals surface area contributed by atoms with Crippen molar-refractivity contribution in [2.45, 2.75) is 32.2 Å². The average Bonchev–Trinajstić information content (AvgIpc) is 2.55. The number of carbonyl (C=O) groups excluding carboxylic acids is 2. The summed E-state index contributed by atoms with van der Waals surface area (Å²) in [5.41, 5.74) is -4.24. The molecule has 0 saturated heterocycles. The lowest BCUT2D eigenvalue weighted by Crippen LogP contribution is -2.46. The number of aryl methyl sites for hydroxylation is 1. The molecule has 1 aromatic heterocycles. The van der Waals surface area contributed by atoms with Crippen molar-refractivity contribution in [1.29, 1.82) is 0 Å². The lowest BCUT2D eigenvalue weighted by molar-refractivity contribution is -0.144. The van der Waals surface area contributed by atoms with E-state index in [1.54, 1.807) is 0 Å². The number of carbonyl (C=O) groups is 2. The van der Waals surface area contributed by atoms with Crippen molar-refractivity contribution in [3.63, 3.8) is 0 Å². The highest BCUT2D eigenvalue weighted by Crippen LogP contribution is 2.31. The third-order valence-corrected chi connectivity index (χ3v) is 4.21. The number of hydrogen-bond acceptors (Lipinski definition) is 6. The summed E-state index contributed by atoms with van der Waals surface area (Å²) in [7, 11) is 0. The van der Waals surface area contributed by atoms with E-state index in [1.165, 1.54) is 13.0 Å². The molecule has 1 aliphatic heterocycles. The van der Waals surface area contributed by atoms with E-state index in [2.05, 4.69) is 4.98 Å². The van der Waals surface area contributed by atoms with Gasteiger partial charge in [-0.25, -0.2) is 4.98 Å². The van der Waals surface area contributed by atoms with E-state index in [0.717, 1.165) is 23.8 Å². The van der Waals surface area contributed by atoms with Crippen molar-refractivity contribution >= 4 is 11.6 Å². The Labute approximate surface area is 150 Å². The van der Waals surface area contributed by atoms with E-state index in [1.807, 2.05) is 0 Å². The van der Waals surface area contributed by atoms with Gasteiger partial charge >= 0.3 is 6.18 Å². The molecule has 1 aromatic rings. The second-order valence-corrected chi connectivity index (χ2v) is 6.24. The van der Waals surface area contributed by atoms with E-state index in [-0.39, 0.29) is 29.3 Å². The molecule has 0 fully saturated rings. The second-order valence-electron chi connectivity index (χ2n) is 6.24. The number of halogens is 3. The molecular formula is C17H13F3N2O5. The summed E-state index contributed by atoms with van der Waals surface area (Å²) in [4.78, 5) is 39.4. The standard InChI is InChI=1S/C17H13F3N2O5/c1-8-21-12(17(18,19)20)5-14(24)22(8)6-10-3-9-4-13(23)16(2,26)15(25)11(9)7-27-10/h3-5,7,26H,6H2,1-2H3. The van der Waals surface area contributed by atoms with Crippen LogP contribution in [-0.4, -0.2) is 31.8 Å². The van der Waals surface area contributed by atoms with Gasteiger partial charge in [0.1, 0.15) is 17.8 Å². The molecule has 1 aliphatic carbocycles. The van der Waals surface area contributed by atoms with Gasteiger partial charge in [0.25, 0.3) is 5.56 Å². The number of aliphatic hydroxyl groups is 1. The minimum atomic E-state index is -4.74. The number of allylic oxidation sites excluding steroid dienone is 3. The Morgan fingerprint density at radius 1 is 1.26 bits per heavy atom. The Morgan fingerprint density at radius 2 is 1.93 bits per heavy atom. The van der Waals surface area contributed by atoms with Crippen molar-refractivity contribution in [2.75, 3.05) is 0 Å². The summed E-state index contributed by atoms with van der Waals surface area (Å²) < 4.78 is 44.4. The van der Waals surface area contributed by atoms with Crippen LogP contribution in [0.25, 0.3) is 0 Å². The summed E-state index contributed by atoms with van der Waals surface area (Å²) in [6.45, 7) is 2.06. The van der Waals surface area contributed by atoms with Crippen LogP contribution in [0.1, 0.15) is 18.4 Å². The molecular weight excluding hydrogens is 369 g/mol. The molecule has 0 bridgehead atoms. The number of ether oxygens (including phenoxy) is 1. The lowest BCUT2D eigenvalue weighted by atomic mass is 9.81. The van der Waals surface area contributed by atoms with Gasteiger partial charge < -0.3 is 9.84 Å². The molecule has 7 nitrogen and oxygen atoms in total. The Morgan fingerprint density at radius 3 is 2.52 bits per heavy atom. The molecule has 0 amide bonds. The summed E-state index contributed by atoms with van der Waals surface area (Å²) in [5, 5.41) is 9.91. The van der Waals surface area contributed by atoms with E-state index in [0.29, 0.717) is 6.07 Å². The first-order valence-corrected chi connectivity index (χ1v) is 7.68. The van der Waals surface area contributed by atoms with E-state index in [9.17, 15) is 32.7 Å². The summed E-state index contributed by atoms with van der Waals surface area (Å²) in [6, 6.07) is 0.377. The molecule has 0 aromatic carbocycles. The van der Waals surface area contributed by atoms with Crippen LogP contribution >= 0.6 is 0 Å². The fourth-order valence-electron chi connectivity index (χ4n) is 2.65. The van der Waals surface area contributed by atoms with Crippen LogP contribution in [0.2, 0.25) is 0 Å². The van der Waals surface area contributed by atoms with Crippen LogP contribution in [0.5, 0.6) is 0 Å². The summed E-state index contributed by atoms with van der Waals surface area (Å²) >= 11 is 0. The number of ketones is 2. The number of alkyl halides is 3. The molecule has 10 heteroatoms. The number of hydrogen-bond donors (Lipinski definition) is 1. The van der Waals surface area contributed by atoms with Gasteiger partial charge in [-0.2, -0.15) is 13.2 Å². The first-order chi connectivity index (χ1) is 12.4. The molecule has 1 unspecified atom stereocenters. The third-order valence-electron chi connectivity index (χ3n) is 4.21. The minimum Gasteiger partial charge on any atom is -0.467 e. The highest BCUT2D eigenvalue weighted by Gasteiger charge is 2.44. The molecule has 27 heavy (non-hydrogen) atoms. The van der Waals surface area contributed by atoms with Crippen molar-refractivity contribution in [1.82, 2.24) is 9.55 Å². The SMILES string of the molecule is Cc1nc(C(F)(F)F)cc(=O)n1CC1=CC2=CC(=O)C(C)(O)C(=O)C2=CO1. The van der Waals surface area contributed by atoms with Gasteiger partial charge in [-0.15, -0.1) is 0 Å². The van der Waals surface area contributed by atoms with Crippen molar-refractivity contribution in [3.05, 3.63) is 63.3 Å². The highest BCUT2D eigenvalue weighted by atomic mass is 19.4. The maximum atomic E-state index is 12.7. The fraction of sp³-hybridized carbons (Fsp3) is 0.294. The first kappa shape index (κ1) is 18.8. The van der Waals surface area contributed by atoms with Crippen molar-refractivity contribution < 1.29 is 32.6 Å². The maximum absolute atomic E-state index is 12.7. The molecule has 1 atom stereocenters. The normalized spacial score (nSPS) is 22.5. The zero-order chi connectivity index (χ0) is 20.1.